The molecule has 1 atom stereocenters. The standard InChI is InChI=1S/C14H26F2O/c1-3-5-6-7-8-9-10-11-12(14(15)16)13(17)4-2/h12,14H,3-11H2,1-2H3. The molecule has 1 nitrogen and oxygen atoms in total. The molecular formula is C14H26F2O. The normalized spacial score (nSPS) is 13.0. The van der Waals surface area contributed by atoms with Gasteiger partial charge in [-0.3, -0.25) is 4.79 Å². The number of hydrogen-bond acceptors (Lipinski definition) is 1. The van der Waals surface area contributed by atoms with Crippen molar-refractivity contribution in [2.24, 2.45) is 5.92 Å². The molecule has 0 saturated heterocycles. The fraction of sp³-hybridized carbons (Fsp3) is 0.929. The first-order chi connectivity index (χ1) is 8.13. The summed E-state index contributed by atoms with van der Waals surface area (Å²) in [6.45, 7) is 3.83. The van der Waals surface area contributed by atoms with E-state index in [1.54, 1.807) is 6.92 Å². The Morgan fingerprint density at radius 3 is 1.94 bits per heavy atom. The maximum absolute atomic E-state index is 12.6. The minimum absolute atomic E-state index is 0.228. The van der Waals surface area contributed by atoms with E-state index in [4.69, 9.17) is 0 Å². The molecular weight excluding hydrogens is 222 g/mol. The highest BCUT2D eigenvalue weighted by molar-refractivity contribution is 5.81. The summed E-state index contributed by atoms with van der Waals surface area (Å²) < 4.78 is 25.2. The monoisotopic (exact) mass is 248 g/mol. The van der Waals surface area contributed by atoms with Crippen molar-refractivity contribution < 1.29 is 13.6 Å². The second kappa shape index (κ2) is 10.7. The van der Waals surface area contributed by atoms with Gasteiger partial charge in [0.15, 0.2) is 0 Å². The van der Waals surface area contributed by atoms with Crippen LogP contribution in [0.25, 0.3) is 0 Å². The van der Waals surface area contributed by atoms with E-state index in [1.165, 1.54) is 25.7 Å². The fourth-order valence-corrected chi connectivity index (χ4v) is 2.01. The van der Waals surface area contributed by atoms with Gasteiger partial charge in [0.05, 0.1) is 5.92 Å². The van der Waals surface area contributed by atoms with Gasteiger partial charge in [0.25, 0.3) is 0 Å². The molecule has 0 spiro atoms. The molecule has 102 valence electrons. The Kier molecular flexibility index (Phi) is 10.4. The molecule has 0 aromatic rings. The van der Waals surface area contributed by atoms with Crippen LogP contribution in [0, 0.1) is 5.92 Å². The van der Waals surface area contributed by atoms with Crippen molar-refractivity contribution >= 4 is 5.78 Å². The number of rotatable bonds is 11. The summed E-state index contributed by atoms with van der Waals surface area (Å²) in [7, 11) is 0. The number of hydrogen-bond donors (Lipinski definition) is 0. The van der Waals surface area contributed by atoms with Crippen molar-refractivity contribution in [2.45, 2.75) is 78.1 Å². The van der Waals surface area contributed by atoms with Crippen molar-refractivity contribution in [3.63, 3.8) is 0 Å². The van der Waals surface area contributed by atoms with Crippen LogP contribution in [0.5, 0.6) is 0 Å². The van der Waals surface area contributed by atoms with Gasteiger partial charge in [0, 0.05) is 6.42 Å². The first kappa shape index (κ1) is 16.5. The van der Waals surface area contributed by atoms with Crippen LogP contribution in [0.2, 0.25) is 0 Å². The number of carbonyl (C=O) groups is 1. The fourth-order valence-electron chi connectivity index (χ4n) is 2.01. The average Bonchev–Trinajstić information content (AvgIpc) is 2.31. The molecule has 0 aromatic heterocycles. The van der Waals surface area contributed by atoms with Gasteiger partial charge in [-0.1, -0.05) is 58.8 Å². The topological polar surface area (TPSA) is 17.1 Å². The van der Waals surface area contributed by atoms with Crippen molar-refractivity contribution in [1.82, 2.24) is 0 Å². The Bertz CT molecular complexity index is 193. The molecule has 0 amide bonds. The molecule has 0 bridgehead atoms. The highest BCUT2D eigenvalue weighted by Crippen LogP contribution is 2.20. The van der Waals surface area contributed by atoms with E-state index >= 15 is 0 Å². The predicted octanol–water partition coefficient (Wildman–Crippen LogP) is 4.99. The van der Waals surface area contributed by atoms with Crippen LogP contribution in [0.3, 0.4) is 0 Å². The van der Waals surface area contributed by atoms with Crippen LogP contribution >= 0.6 is 0 Å². The lowest BCUT2D eigenvalue weighted by molar-refractivity contribution is -0.127. The van der Waals surface area contributed by atoms with E-state index in [0.717, 1.165) is 19.3 Å². The molecule has 0 aliphatic rings. The number of unbranched alkanes of at least 4 members (excludes halogenated alkanes) is 6. The first-order valence-electron chi connectivity index (χ1n) is 6.94. The molecule has 3 heteroatoms. The third-order valence-corrected chi connectivity index (χ3v) is 3.18. The Balaban J connectivity index is 3.58. The summed E-state index contributed by atoms with van der Waals surface area (Å²) >= 11 is 0. The molecule has 0 aliphatic heterocycles. The van der Waals surface area contributed by atoms with E-state index in [2.05, 4.69) is 6.92 Å². The quantitative estimate of drug-likeness (QED) is 0.471. The number of Topliss-reactive ketones (excluding diaryl/α,β-unsaturated/α-hetero) is 1. The minimum Gasteiger partial charge on any atom is -0.299 e. The maximum atomic E-state index is 12.6. The molecule has 1 unspecified atom stereocenters. The Hall–Kier alpha value is -0.470. The summed E-state index contributed by atoms with van der Waals surface area (Å²) in [6, 6.07) is 0. The van der Waals surface area contributed by atoms with E-state index < -0.39 is 12.3 Å². The van der Waals surface area contributed by atoms with Gasteiger partial charge < -0.3 is 0 Å². The third-order valence-electron chi connectivity index (χ3n) is 3.18. The van der Waals surface area contributed by atoms with Gasteiger partial charge in [0.1, 0.15) is 5.78 Å². The van der Waals surface area contributed by atoms with Gasteiger partial charge in [0.2, 0.25) is 6.43 Å². The van der Waals surface area contributed by atoms with Crippen LogP contribution in [0.15, 0.2) is 0 Å². The molecule has 0 aromatic carbocycles. The number of carbonyl (C=O) groups excluding carboxylic acids is 1. The van der Waals surface area contributed by atoms with Crippen LogP contribution in [0.1, 0.15) is 71.6 Å². The number of ketones is 1. The second-order valence-corrected chi connectivity index (χ2v) is 4.67. The molecule has 0 N–H and O–H groups in total. The van der Waals surface area contributed by atoms with E-state index in [-0.39, 0.29) is 12.2 Å². The van der Waals surface area contributed by atoms with Crippen molar-refractivity contribution in [3.8, 4) is 0 Å². The Morgan fingerprint density at radius 1 is 0.941 bits per heavy atom. The van der Waals surface area contributed by atoms with Gasteiger partial charge in [-0.2, -0.15) is 0 Å². The molecule has 0 rings (SSSR count). The van der Waals surface area contributed by atoms with Gasteiger partial charge >= 0.3 is 0 Å². The molecule has 0 saturated carbocycles. The average molecular weight is 248 g/mol. The molecule has 0 aliphatic carbocycles. The third kappa shape index (κ3) is 8.28. The maximum Gasteiger partial charge on any atom is 0.248 e. The summed E-state index contributed by atoms with van der Waals surface area (Å²) in [5.41, 5.74) is 0. The predicted molar refractivity (Wildman–Crippen MR) is 67.4 cm³/mol. The van der Waals surface area contributed by atoms with Gasteiger partial charge in [-0.15, -0.1) is 0 Å². The molecule has 0 fully saturated rings. The zero-order chi connectivity index (χ0) is 13.1. The van der Waals surface area contributed by atoms with E-state index in [1.807, 2.05) is 0 Å². The van der Waals surface area contributed by atoms with Crippen LogP contribution in [0.4, 0.5) is 8.78 Å². The van der Waals surface area contributed by atoms with Crippen molar-refractivity contribution in [1.29, 1.82) is 0 Å². The largest absolute Gasteiger partial charge is 0.299 e. The molecule has 0 radical (unpaired) electrons. The minimum atomic E-state index is -2.48. The van der Waals surface area contributed by atoms with Crippen LogP contribution < -0.4 is 0 Å². The molecule has 17 heavy (non-hydrogen) atoms. The highest BCUT2D eigenvalue weighted by atomic mass is 19.3. The zero-order valence-corrected chi connectivity index (χ0v) is 11.2. The van der Waals surface area contributed by atoms with Crippen molar-refractivity contribution in [2.75, 3.05) is 0 Å². The van der Waals surface area contributed by atoms with Crippen LogP contribution in [-0.2, 0) is 4.79 Å². The Morgan fingerprint density at radius 2 is 1.47 bits per heavy atom. The number of alkyl halides is 2. The smallest absolute Gasteiger partial charge is 0.248 e. The number of halogens is 2. The zero-order valence-electron chi connectivity index (χ0n) is 11.2. The summed E-state index contributed by atoms with van der Waals surface area (Å²) in [4.78, 5) is 11.3. The Labute approximate surface area is 104 Å². The SMILES string of the molecule is CCCCCCCCCC(C(=O)CC)C(F)F. The lowest BCUT2D eigenvalue weighted by Gasteiger charge is -2.13. The van der Waals surface area contributed by atoms with E-state index in [9.17, 15) is 13.6 Å². The highest BCUT2D eigenvalue weighted by Gasteiger charge is 2.25. The summed E-state index contributed by atoms with van der Waals surface area (Å²) in [5.74, 6) is -1.30. The van der Waals surface area contributed by atoms with Crippen LogP contribution in [-0.4, -0.2) is 12.2 Å². The lowest BCUT2D eigenvalue weighted by atomic mass is 9.95. The summed E-state index contributed by atoms with van der Waals surface area (Å²) in [6.07, 6.45) is 5.85. The molecule has 0 heterocycles. The lowest BCUT2D eigenvalue weighted by Crippen LogP contribution is -2.21. The second-order valence-electron chi connectivity index (χ2n) is 4.67. The summed E-state index contributed by atoms with van der Waals surface area (Å²) in [5, 5.41) is 0. The van der Waals surface area contributed by atoms with Gasteiger partial charge in [-0.05, 0) is 6.42 Å². The van der Waals surface area contributed by atoms with Crippen molar-refractivity contribution in [3.05, 3.63) is 0 Å². The van der Waals surface area contributed by atoms with Gasteiger partial charge in [-0.25, -0.2) is 8.78 Å². The van der Waals surface area contributed by atoms with E-state index in [0.29, 0.717) is 6.42 Å². The first-order valence-corrected chi connectivity index (χ1v) is 6.94.